The summed E-state index contributed by atoms with van der Waals surface area (Å²) in [7, 11) is 0. The molecule has 0 atom stereocenters. The Balaban J connectivity index is 2.18. The molecular weight excluding hydrogens is 257 g/mol. The first-order valence-electron chi connectivity index (χ1n) is 4.99. The molecule has 1 aromatic carbocycles. The Labute approximate surface area is 107 Å². The normalized spacial score (nSPS) is 10.9. The first-order valence-corrected chi connectivity index (χ1v) is 5.75. The van der Waals surface area contributed by atoms with E-state index < -0.39 is 0 Å². The lowest BCUT2D eigenvalue weighted by Gasteiger charge is -1.95. The first kappa shape index (κ1) is 10.6. The third-order valence-corrected chi connectivity index (χ3v) is 2.90. The van der Waals surface area contributed by atoms with Crippen molar-refractivity contribution in [3.8, 4) is 11.4 Å². The van der Waals surface area contributed by atoms with E-state index in [2.05, 4.69) is 15.0 Å². The van der Waals surface area contributed by atoms with Gasteiger partial charge in [0, 0.05) is 22.1 Å². The van der Waals surface area contributed by atoms with E-state index >= 15 is 0 Å². The maximum absolute atomic E-state index is 5.94. The molecule has 0 unspecified atom stereocenters. The lowest BCUT2D eigenvalue weighted by Crippen LogP contribution is -1.85. The van der Waals surface area contributed by atoms with Gasteiger partial charge < -0.3 is 4.98 Å². The largest absolute Gasteiger partial charge is 0.353 e. The third kappa shape index (κ3) is 1.99. The number of hydrogen-bond acceptors (Lipinski definition) is 2. The minimum atomic E-state index is 0.235. The van der Waals surface area contributed by atoms with Crippen molar-refractivity contribution < 1.29 is 0 Å². The van der Waals surface area contributed by atoms with Gasteiger partial charge in [0.05, 0.1) is 11.4 Å². The molecule has 0 saturated heterocycles. The van der Waals surface area contributed by atoms with Crippen molar-refractivity contribution in [3.05, 3.63) is 46.8 Å². The standard InChI is InChI=1S/C12H7Cl2N3/c13-8-1-2-9-7(5-8)6-11(16-9)10-3-4-15-12(14)17-10/h1-6,16H. The highest BCUT2D eigenvalue weighted by Crippen LogP contribution is 2.25. The molecule has 3 rings (SSSR count). The molecule has 0 aliphatic heterocycles. The molecule has 3 nitrogen and oxygen atoms in total. The second-order valence-corrected chi connectivity index (χ2v) is 4.40. The Morgan fingerprint density at radius 2 is 1.94 bits per heavy atom. The van der Waals surface area contributed by atoms with Crippen LogP contribution in [0.25, 0.3) is 22.3 Å². The average Bonchev–Trinajstić information content (AvgIpc) is 2.72. The van der Waals surface area contributed by atoms with Gasteiger partial charge in [-0.2, -0.15) is 0 Å². The Kier molecular flexibility index (Phi) is 2.50. The summed E-state index contributed by atoms with van der Waals surface area (Å²) in [6.07, 6.45) is 1.63. The Hall–Kier alpha value is -1.58. The van der Waals surface area contributed by atoms with Crippen LogP contribution in [0.15, 0.2) is 36.5 Å². The zero-order chi connectivity index (χ0) is 11.8. The van der Waals surface area contributed by atoms with E-state index in [0.717, 1.165) is 22.3 Å². The van der Waals surface area contributed by atoms with Gasteiger partial charge >= 0.3 is 0 Å². The van der Waals surface area contributed by atoms with Crippen molar-refractivity contribution in [2.45, 2.75) is 0 Å². The number of hydrogen-bond donors (Lipinski definition) is 1. The first-order chi connectivity index (χ1) is 8.22. The van der Waals surface area contributed by atoms with Crippen LogP contribution in [-0.2, 0) is 0 Å². The summed E-state index contributed by atoms with van der Waals surface area (Å²) in [6, 6.07) is 9.47. The van der Waals surface area contributed by atoms with Gasteiger partial charge in [0.1, 0.15) is 0 Å². The number of aromatic amines is 1. The molecule has 2 aromatic heterocycles. The SMILES string of the molecule is Clc1ccc2[nH]c(-c3ccnc(Cl)n3)cc2c1. The summed E-state index contributed by atoms with van der Waals surface area (Å²) in [4.78, 5) is 11.3. The maximum atomic E-state index is 5.94. The molecular formula is C12H7Cl2N3. The number of benzene rings is 1. The van der Waals surface area contributed by atoms with Gasteiger partial charge in [-0.25, -0.2) is 9.97 Å². The summed E-state index contributed by atoms with van der Waals surface area (Å²) >= 11 is 11.7. The van der Waals surface area contributed by atoms with Crippen LogP contribution < -0.4 is 0 Å². The van der Waals surface area contributed by atoms with Crippen molar-refractivity contribution in [3.63, 3.8) is 0 Å². The Morgan fingerprint density at radius 3 is 2.76 bits per heavy atom. The van der Waals surface area contributed by atoms with E-state index in [-0.39, 0.29) is 5.28 Å². The average molecular weight is 264 g/mol. The van der Waals surface area contributed by atoms with Crippen LogP contribution in [0.3, 0.4) is 0 Å². The molecule has 17 heavy (non-hydrogen) atoms. The van der Waals surface area contributed by atoms with Gasteiger partial charge in [-0.15, -0.1) is 0 Å². The van der Waals surface area contributed by atoms with Crippen LogP contribution >= 0.6 is 23.2 Å². The lowest BCUT2D eigenvalue weighted by molar-refractivity contribution is 1.16. The minimum absolute atomic E-state index is 0.235. The molecule has 0 spiro atoms. The number of H-pyrrole nitrogens is 1. The molecule has 84 valence electrons. The van der Waals surface area contributed by atoms with Gasteiger partial charge in [0.25, 0.3) is 0 Å². The maximum Gasteiger partial charge on any atom is 0.222 e. The number of aromatic nitrogens is 3. The monoisotopic (exact) mass is 263 g/mol. The van der Waals surface area contributed by atoms with Crippen molar-refractivity contribution in [1.82, 2.24) is 15.0 Å². The molecule has 0 bridgehead atoms. The van der Waals surface area contributed by atoms with Gasteiger partial charge in [0.2, 0.25) is 5.28 Å². The number of fused-ring (bicyclic) bond motifs is 1. The molecule has 0 fully saturated rings. The van der Waals surface area contributed by atoms with Crippen molar-refractivity contribution in [1.29, 1.82) is 0 Å². The van der Waals surface area contributed by atoms with E-state index in [1.54, 1.807) is 12.3 Å². The molecule has 0 aliphatic carbocycles. The van der Waals surface area contributed by atoms with Crippen molar-refractivity contribution in [2.24, 2.45) is 0 Å². The molecule has 0 aliphatic rings. The molecule has 2 heterocycles. The van der Waals surface area contributed by atoms with Crippen LogP contribution in [0.1, 0.15) is 0 Å². The van der Waals surface area contributed by atoms with Crippen LogP contribution in [-0.4, -0.2) is 15.0 Å². The fourth-order valence-electron chi connectivity index (χ4n) is 1.73. The van der Waals surface area contributed by atoms with Crippen LogP contribution in [0, 0.1) is 0 Å². The van der Waals surface area contributed by atoms with Gasteiger partial charge in [0.15, 0.2) is 0 Å². The fraction of sp³-hybridized carbons (Fsp3) is 0. The predicted octanol–water partition coefficient (Wildman–Crippen LogP) is 3.93. The molecule has 0 amide bonds. The minimum Gasteiger partial charge on any atom is -0.353 e. The van der Waals surface area contributed by atoms with Crippen molar-refractivity contribution >= 4 is 34.1 Å². The molecule has 3 aromatic rings. The molecule has 5 heteroatoms. The Bertz CT molecular complexity index is 691. The summed E-state index contributed by atoms with van der Waals surface area (Å²) < 4.78 is 0. The zero-order valence-corrected chi connectivity index (χ0v) is 10.1. The summed E-state index contributed by atoms with van der Waals surface area (Å²) in [5, 5.41) is 1.99. The van der Waals surface area contributed by atoms with E-state index in [4.69, 9.17) is 23.2 Å². The number of rotatable bonds is 1. The van der Waals surface area contributed by atoms with Crippen molar-refractivity contribution in [2.75, 3.05) is 0 Å². The van der Waals surface area contributed by atoms with Gasteiger partial charge in [-0.3, -0.25) is 0 Å². The molecule has 0 saturated carbocycles. The topological polar surface area (TPSA) is 41.6 Å². The highest BCUT2D eigenvalue weighted by atomic mass is 35.5. The van der Waals surface area contributed by atoms with E-state index in [1.807, 2.05) is 24.3 Å². The smallest absolute Gasteiger partial charge is 0.222 e. The second kappa shape index (κ2) is 4.02. The quantitative estimate of drug-likeness (QED) is 0.676. The summed E-state index contributed by atoms with van der Waals surface area (Å²) in [6.45, 7) is 0. The summed E-state index contributed by atoms with van der Waals surface area (Å²) in [5.41, 5.74) is 2.67. The van der Waals surface area contributed by atoms with Gasteiger partial charge in [-0.1, -0.05) is 11.6 Å². The highest BCUT2D eigenvalue weighted by molar-refractivity contribution is 6.31. The highest BCUT2D eigenvalue weighted by Gasteiger charge is 2.05. The van der Waals surface area contributed by atoms with E-state index in [9.17, 15) is 0 Å². The number of nitrogens with zero attached hydrogens (tertiary/aromatic N) is 2. The lowest BCUT2D eigenvalue weighted by atomic mass is 10.2. The van der Waals surface area contributed by atoms with Crippen LogP contribution in [0.2, 0.25) is 10.3 Å². The molecule has 1 N–H and O–H groups in total. The van der Waals surface area contributed by atoms with Crippen LogP contribution in [0.4, 0.5) is 0 Å². The third-order valence-electron chi connectivity index (χ3n) is 2.48. The zero-order valence-electron chi connectivity index (χ0n) is 8.61. The number of nitrogens with one attached hydrogen (secondary N) is 1. The summed E-state index contributed by atoms with van der Waals surface area (Å²) in [5.74, 6) is 0. The predicted molar refractivity (Wildman–Crippen MR) is 69.3 cm³/mol. The second-order valence-electron chi connectivity index (χ2n) is 3.63. The van der Waals surface area contributed by atoms with E-state index in [0.29, 0.717) is 5.02 Å². The fourth-order valence-corrected chi connectivity index (χ4v) is 2.05. The number of halogens is 2. The molecule has 0 radical (unpaired) electrons. The Morgan fingerprint density at radius 1 is 1.06 bits per heavy atom. The van der Waals surface area contributed by atoms with Crippen LogP contribution in [0.5, 0.6) is 0 Å². The van der Waals surface area contributed by atoms with E-state index in [1.165, 1.54) is 0 Å². The van der Waals surface area contributed by atoms with Gasteiger partial charge in [-0.05, 0) is 41.9 Å².